The molecule has 0 spiro atoms. The largest absolute Gasteiger partial charge is 0.487 e. The molecule has 0 unspecified atom stereocenters. The first-order chi connectivity index (χ1) is 9.88. The van der Waals surface area contributed by atoms with Crippen LogP contribution in [0.25, 0.3) is 0 Å². The van der Waals surface area contributed by atoms with E-state index in [0.29, 0.717) is 5.56 Å². The van der Waals surface area contributed by atoms with Crippen LogP contribution in [0.1, 0.15) is 5.56 Å². The third-order valence-electron chi connectivity index (χ3n) is 2.56. The Balaban J connectivity index is 2.17. The topological polar surface area (TPSA) is 52.4 Å². The molecule has 0 fully saturated rings. The Kier molecular flexibility index (Phi) is 5.99. The van der Waals surface area contributed by atoms with Crippen LogP contribution in [-0.2, 0) is 6.61 Å². The fourth-order valence-corrected chi connectivity index (χ4v) is 5.50. The van der Waals surface area contributed by atoms with Crippen LogP contribution < -0.4 is 4.74 Å². The molecule has 2 rings (SSSR count). The van der Waals surface area contributed by atoms with Gasteiger partial charge in [0.05, 0.1) is 12.1 Å². The number of ether oxygens (including phenoxy) is 1. The molecule has 0 atom stereocenters. The predicted molar refractivity (Wildman–Crippen MR) is 102 cm³/mol. The molecule has 8 heteroatoms. The number of nitro groups is 1. The van der Waals surface area contributed by atoms with Gasteiger partial charge >= 0.3 is 5.69 Å². The summed E-state index contributed by atoms with van der Waals surface area (Å²) in [5, 5.41) is 10.6. The first kappa shape index (κ1) is 17.1. The van der Waals surface area contributed by atoms with Gasteiger partial charge in [0.1, 0.15) is 12.4 Å². The van der Waals surface area contributed by atoms with Crippen LogP contribution in [0.3, 0.4) is 0 Å². The van der Waals surface area contributed by atoms with Gasteiger partial charge in [-0.3, -0.25) is 10.1 Å². The van der Waals surface area contributed by atoms with Crippen molar-refractivity contribution in [2.75, 3.05) is 0 Å². The van der Waals surface area contributed by atoms with E-state index in [1.165, 1.54) is 6.07 Å². The van der Waals surface area contributed by atoms with Gasteiger partial charge in [0.25, 0.3) is 0 Å². The van der Waals surface area contributed by atoms with Gasteiger partial charge in [-0.1, -0.05) is 0 Å². The van der Waals surface area contributed by atoms with Gasteiger partial charge in [-0.05, 0) is 97.6 Å². The quantitative estimate of drug-likeness (QED) is 0.270. The molecule has 0 aliphatic rings. The third kappa shape index (κ3) is 4.37. The molecule has 0 aliphatic heterocycles. The minimum atomic E-state index is -0.854. The van der Waals surface area contributed by atoms with E-state index in [-0.39, 0.29) is 6.61 Å². The molecule has 0 aromatic heterocycles. The molecule has 0 bridgehead atoms. The molecule has 0 N–H and O–H groups in total. The van der Waals surface area contributed by atoms with Crippen LogP contribution in [0.15, 0.2) is 30.3 Å². The molecule has 0 heterocycles. The average molecular weight is 625 g/mol. The first-order valence-electron chi connectivity index (χ1n) is 5.58. The maximum Gasteiger partial charge on any atom is 0.304 e. The molecule has 110 valence electrons. The van der Waals surface area contributed by atoms with Crippen molar-refractivity contribution in [1.82, 2.24) is 0 Å². The molecule has 0 saturated carbocycles. The van der Waals surface area contributed by atoms with Gasteiger partial charge in [0.15, 0.2) is 0 Å². The second-order valence-electron chi connectivity index (χ2n) is 4.03. The lowest BCUT2D eigenvalue weighted by atomic mass is 10.2. The molecule has 0 saturated heterocycles. The number of rotatable bonds is 4. The van der Waals surface area contributed by atoms with Crippen molar-refractivity contribution in [2.24, 2.45) is 0 Å². The Morgan fingerprint density at radius 2 is 1.76 bits per heavy atom. The summed E-state index contributed by atoms with van der Waals surface area (Å²) >= 11 is 6.58. The second-order valence-corrected chi connectivity index (χ2v) is 7.60. The highest BCUT2D eigenvalue weighted by atomic mass is 127. The zero-order valence-electron chi connectivity index (χ0n) is 10.3. The fourth-order valence-electron chi connectivity index (χ4n) is 1.61. The highest BCUT2D eigenvalue weighted by molar-refractivity contribution is 14.1. The number of benzene rings is 2. The van der Waals surface area contributed by atoms with Crippen molar-refractivity contribution in [2.45, 2.75) is 6.61 Å². The second kappa shape index (κ2) is 7.35. The van der Waals surface area contributed by atoms with Crippen molar-refractivity contribution in [1.29, 1.82) is 0 Å². The standard InChI is InChI=1S/C13H7FI3NO3/c14-9-3-7(1-2-12(9)18(19)20)6-21-13-10(16)4-8(15)5-11(13)17/h1-5H,6H2. The average Bonchev–Trinajstić information content (AvgIpc) is 2.36. The number of halogens is 4. The molecule has 0 amide bonds. The Labute approximate surface area is 161 Å². The van der Waals surface area contributed by atoms with Crippen LogP contribution in [0.2, 0.25) is 0 Å². The summed E-state index contributed by atoms with van der Waals surface area (Å²) in [5.74, 6) is -0.122. The van der Waals surface area contributed by atoms with Crippen LogP contribution in [0.5, 0.6) is 5.75 Å². The Morgan fingerprint density at radius 3 is 2.29 bits per heavy atom. The summed E-state index contributed by atoms with van der Waals surface area (Å²) in [6, 6.07) is 7.74. The molecule has 4 nitrogen and oxygen atoms in total. The van der Waals surface area contributed by atoms with E-state index in [1.807, 2.05) is 12.1 Å². The minimum Gasteiger partial charge on any atom is -0.487 e. The SMILES string of the molecule is O=[N+]([O-])c1ccc(COc2c(I)cc(I)cc2I)cc1F. The van der Waals surface area contributed by atoms with E-state index in [9.17, 15) is 14.5 Å². The molecule has 0 aliphatic carbocycles. The number of hydrogen-bond acceptors (Lipinski definition) is 3. The number of hydrogen-bond donors (Lipinski definition) is 0. The Bertz CT molecular complexity index is 686. The summed E-state index contributed by atoms with van der Waals surface area (Å²) in [6.45, 7) is 0.154. The van der Waals surface area contributed by atoms with E-state index in [1.54, 1.807) is 0 Å². The zero-order valence-corrected chi connectivity index (χ0v) is 16.8. The lowest BCUT2D eigenvalue weighted by Gasteiger charge is -2.11. The molecular weight excluding hydrogens is 618 g/mol. The van der Waals surface area contributed by atoms with Gasteiger partial charge in [0.2, 0.25) is 5.82 Å². The normalized spacial score (nSPS) is 10.5. The highest BCUT2D eigenvalue weighted by Gasteiger charge is 2.14. The smallest absolute Gasteiger partial charge is 0.304 e. The summed E-state index contributed by atoms with van der Waals surface area (Å²) in [4.78, 5) is 9.82. The van der Waals surface area contributed by atoms with E-state index >= 15 is 0 Å². The molecule has 2 aromatic rings. The zero-order chi connectivity index (χ0) is 15.6. The number of nitrogens with zero attached hydrogens (tertiary/aromatic N) is 1. The summed E-state index contributed by atoms with van der Waals surface area (Å²) in [7, 11) is 0. The van der Waals surface area contributed by atoms with Crippen LogP contribution in [-0.4, -0.2) is 4.92 Å². The molecular formula is C13H7FI3NO3. The van der Waals surface area contributed by atoms with Crippen molar-refractivity contribution in [3.8, 4) is 5.75 Å². The predicted octanol–water partition coefficient (Wildman–Crippen LogP) is 5.13. The van der Waals surface area contributed by atoms with Crippen LogP contribution >= 0.6 is 67.8 Å². The Hall–Kier alpha value is -0.240. The minimum absolute atomic E-state index is 0.154. The van der Waals surface area contributed by atoms with E-state index in [0.717, 1.165) is 28.6 Å². The van der Waals surface area contributed by atoms with Crippen molar-refractivity contribution in [3.63, 3.8) is 0 Å². The van der Waals surface area contributed by atoms with E-state index in [2.05, 4.69) is 67.8 Å². The Morgan fingerprint density at radius 1 is 1.14 bits per heavy atom. The number of nitro benzene ring substituents is 1. The van der Waals surface area contributed by atoms with Crippen molar-refractivity contribution < 1.29 is 14.1 Å². The van der Waals surface area contributed by atoms with E-state index in [4.69, 9.17) is 4.74 Å². The molecule has 0 radical (unpaired) electrons. The van der Waals surface area contributed by atoms with Gasteiger partial charge in [-0.2, -0.15) is 4.39 Å². The van der Waals surface area contributed by atoms with Crippen molar-refractivity contribution in [3.05, 3.63) is 62.5 Å². The van der Waals surface area contributed by atoms with Crippen LogP contribution in [0.4, 0.5) is 10.1 Å². The molecule has 2 aromatic carbocycles. The summed E-state index contributed by atoms with van der Waals surface area (Å²) in [6.07, 6.45) is 0. The third-order valence-corrected chi connectivity index (χ3v) is 4.78. The van der Waals surface area contributed by atoms with Crippen LogP contribution in [0, 0.1) is 26.6 Å². The highest BCUT2D eigenvalue weighted by Crippen LogP contribution is 2.30. The lowest BCUT2D eigenvalue weighted by Crippen LogP contribution is -2.01. The van der Waals surface area contributed by atoms with Gasteiger partial charge in [-0.15, -0.1) is 0 Å². The molecule has 21 heavy (non-hydrogen) atoms. The summed E-state index contributed by atoms with van der Waals surface area (Å²) in [5.41, 5.74) is 0.0143. The van der Waals surface area contributed by atoms with Gasteiger partial charge in [0, 0.05) is 9.64 Å². The summed E-state index contributed by atoms with van der Waals surface area (Å²) < 4.78 is 22.3. The van der Waals surface area contributed by atoms with Gasteiger partial charge in [-0.25, -0.2) is 0 Å². The maximum absolute atomic E-state index is 13.5. The monoisotopic (exact) mass is 625 g/mol. The maximum atomic E-state index is 13.5. The lowest BCUT2D eigenvalue weighted by molar-refractivity contribution is -0.387. The van der Waals surface area contributed by atoms with E-state index < -0.39 is 16.4 Å². The fraction of sp³-hybridized carbons (Fsp3) is 0.0769. The first-order valence-corrected chi connectivity index (χ1v) is 8.82. The van der Waals surface area contributed by atoms with Gasteiger partial charge < -0.3 is 4.74 Å². The van der Waals surface area contributed by atoms with Crippen molar-refractivity contribution >= 4 is 73.5 Å².